The molecule has 0 saturated carbocycles. The normalized spacial score (nSPS) is 12.3. The molecule has 0 atom stereocenters. The molecule has 0 saturated heterocycles. The zero-order valence-corrected chi connectivity index (χ0v) is 23.2. The molecule has 4 aromatic rings. The number of anilines is 4. The summed E-state index contributed by atoms with van der Waals surface area (Å²) in [5.41, 5.74) is 6.06. The Kier molecular flexibility index (Phi) is 8.40. The maximum atomic E-state index is 12.3. The lowest BCUT2D eigenvalue weighted by atomic mass is 10.1. The van der Waals surface area contributed by atoms with Gasteiger partial charge in [0, 0.05) is 25.0 Å². The van der Waals surface area contributed by atoms with Gasteiger partial charge in [0.1, 0.15) is 4.90 Å². The number of rotatable bonds is 11. The maximum absolute atomic E-state index is 12.3. The second-order valence-corrected chi connectivity index (χ2v) is 12.6. The van der Waals surface area contributed by atoms with Crippen LogP contribution in [0, 0.1) is 0 Å². The molecule has 16 nitrogen and oxygen atoms in total. The number of hydrogen-bond donors (Lipinski definition) is 7. The van der Waals surface area contributed by atoms with Crippen LogP contribution in [-0.4, -0.2) is 67.0 Å². The van der Waals surface area contributed by atoms with Gasteiger partial charge < -0.3 is 21.7 Å². The van der Waals surface area contributed by atoms with Crippen LogP contribution in [-0.2, 0) is 36.9 Å². The Morgan fingerprint density at radius 3 is 1.83 bits per heavy atom. The van der Waals surface area contributed by atoms with Gasteiger partial charge in [-0.1, -0.05) is 30.3 Å². The Bertz CT molecular complexity index is 1930. The number of fused-ring (bicyclic) bond motifs is 1. The van der Waals surface area contributed by atoms with Crippen molar-refractivity contribution >= 4 is 64.7 Å². The Labute approximate surface area is 234 Å². The lowest BCUT2D eigenvalue weighted by molar-refractivity contribution is 0.480. The summed E-state index contributed by atoms with van der Waals surface area (Å²) < 4.78 is 101. The monoisotopic (exact) mass is 625 g/mol. The summed E-state index contributed by atoms with van der Waals surface area (Å²) in [4.78, 5) is 9.89. The van der Waals surface area contributed by atoms with Crippen LogP contribution >= 0.6 is 0 Å². The van der Waals surface area contributed by atoms with Crippen molar-refractivity contribution in [2.75, 3.05) is 29.0 Å². The fourth-order valence-electron chi connectivity index (χ4n) is 3.69. The van der Waals surface area contributed by atoms with E-state index in [0.29, 0.717) is 12.6 Å². The summed E-state index contributed by atoms with van der Waals surface area (Å²) in [6.45, 7) is 0.775. The summed E-state index contributed by atoms with van der Waals surface area (Å²) in [5.74, 6) is -0.170. The Balaban J connectivity index is 1.91. The van der Waals surface area contributed by atoms with E-state index in [1.165, 1.54) is 0 Å². The van der Waals surface area contributed by atoms with E-state index in [1.807, 2.05) is 30.3 Å². The molecule has 3 aromatic carbocycles. The van der Waals surface area contributed by atoms with E-state index in [2.05, 4.69) is 30.9 Å². The average molecular weight is 626 g/mol. The van der Waals surface area contributed by atoms with E-state index >= 15 is 0 Å². The van der Waals surface area contributed by atoms with Gasteiger partial charge in [-0.25, -0.2) is 0 Å². The van der Waals surface area contributed by atoms with Crippen LogP contribution in [0.4, 0.5) is 23.5 Å². The van der Waals surface area contributed by atoms with Gasteiger partial charge >= 0.3 is 0 Å². The van der Waals surface area contributed by atoms with Gasteiger partial charge in [-0.05, 0) is 35.2 Å². The van der Waals surface area contributed by atoms with Crippen LogP contribution < -0.4 is 21.7 Å². The quantitative estimate of drug-likeness (QED) is 0.116. The Hall–Kier alpha value is -3.98. The third-order valence-electron chi connectivity index (χ3n) is 5.44. The number of nitrogens with zero attached hydrogens (tertiary/aromatic N) is 3. The van der Waals surface area contributed by atoms with Crippen LogP contribution in [0.25, 0.3) is 10.8 Å². The summed E-state index contributed by atoms with van der Waals surface area (Å²) in [6.07, 6.45) is 0. The SMILES string of the molecule is NCCNc1nc(NCc2ccccc2)nc(Nc2cc(S(=O)(=O)O)cc3cc(S(=O)(=O)O)cc(S(=O)(=O)O)c23)n1. The van der Waals surface area contributed by atoms with E-state index in [-0.39, 0.29) is 36.6 Å². The fourth-order valence-corrected chi connectivity index (χ4v) is 5.62. The molecule has 218 valence electrons. The van der Waals surface area contributed by atoms with Crippen molar-refractivity contribution in [1.82, 2.24) is 15.0 Å². The first kappa shape index (κ1) is 30.0. The third-order valence-corrected chi connectivity index (χ3v) is 7.98. The number of hydrogen-bond acceptors (Lipinski definition) is 13. The summed E-state index contributed by atoms with van der Waals surface area (Å²) in [7, 11) is -15.1. The zero-order valence-electron chi connectivity index (χ0n) is 20.8. The second-order valence-electron chi connectivity index (χ2n) is 8.40. The van der Waals surface area contributed by atoms with Crippen molar-refractivity contribution in [2.45, 2.75) is 21.2 Å². The van der Waals surface area contributed by atoms with Crippen LogP contribution in [0.5, 0.6) is 0 Å². The molecule has 0 radical (unpaired) electrons. The molecule has 0 aliphatic carbocycles. The molecule has 4 rings (SSSR count). The molecule has 8 N–H and O–H groups in total. The molecule has 0 unspecified atom stereocenters. The smallest absolute Gasteiger partial charge is 0.295 e. The highest BCUT2D eigenvalue weighted by Crippen LogP contribution is 2.36. The van der Waals surface area contributed by atoms with Gasteiger partial charge in [0.05, 0.1) is 15.5 Å². The number of nitrogens with two attached hydrogens (primary N) is 1. The second kappa shape index (κ2) is 11.5. The van der Waals surface area contributed by atoms with Gasteiger partial charge in [0.25, 0.3) is 30.4 Å². The molecule has 0 spiro atoms. The first-order valence-electron chi connectivity index (χ1n) is 11.4. The fraction of sp³-hybridized carbons (Fsp3) is 0.136. The van der Waals surface area contributed by atoms with Gasteiger partial charge in [-0.3, -0.25) is 13.7 Å². The summed E-state index contributed by atoms with van der Waals surface area (Å²) >= 11 is 0. The molecule has 0 aliphatic rings. The van der Waals surface area contributed by atoms with E-state index < -0.39 is 55.8 Å². The molecule has 1 aromatic heterocycles. The topological polar surface area (TPSA) is 264 Å². The standard InChI is InChI=1S/C22H23N7O9S3/c23-6-7-24-20-27-21(25-12-13-4-2-1-3-5-13)29-22(28-20)26-17-10-15(39(30,31)32)8-14-9-16(40(33,34)35)11-18(19(14)17)41(36,37)38/h1-5,8-11H,6-7,12,23H2,(H,30,31,32)(H,33,34,35)(H,36,37,38)(H3,24,25,26,27,28,29). The van der Waals surface area contributed by atoms with E-state index in [9.17, 15) is 38.9 Å². The zero-order chi connectivity index (χ0) is 30.0. The van der Waals surface area contributed by atoms with Crippen molar-refractivity contribution in [3.63, 3.8) is 0 Å². The molecule has 41 heavy (non-hydrogen) atoms. The minimum absolute atomic E-state index is 0.0300. The van der Waals surface area contributed by atoms with Crippen LogP contribution in [0.1, 0.15) is 5.56 Å². The Morgan fingerprint density at radius 2 is 1.27 bits per heavy atom. The molecule has 0 fully saturated rings. The number of nitrogens with one attached hydrogen (secondary N) is 3. The summed E-state index contributed by atoms with van der Waals surface area (Å²) in [5, 5.41) is 7.70. The van der Waals surface area contributed by atoms with Crippen LogP contribution in [0.2, 0.25) is 0 Å². The van der Waals surface area contributed by atoms with Crippen molar-refractivity contribution < 1.29 is 38.9 Å². The molecule has 1 heterocycles. The predicted molar refractivity (Wildman–Crippen MR) is 148 cm³/mol. The van der Waals surface area contributed by atoms with Gasteiger partial charge in [-0.2, -0.15) is 40.2 Å². The molecule has 0 bridgehead atoms. The lowest BCUT2D eigenvalue weighted by Gasteiger charge is -2.15. The highest BCUT2D eigenvalue weighted by Gasteiger charge is 2.25. The molecule has 0 aliphatic heterocycles. The third kappa shape index (κ3) is 7.41. The minimum atomic E-state index is -5.16. The molecule has 19 heteroatoms. The molecular formula is C22H23N7O9S3. The van der Waals surface area contributed by atoms with Crippen molar-refractivity contribution in [3.05, 3.63) is 60.2 Å². The number of aromatic nitrogens is 3. The first-order chi connectivity index (χ1) is 19.1. The minimum Gasteiger partial charge on any atom is -0.353 e. The highest BCUT2D eigenvalue weighted by atomic mass is 32.2. The highest BCUT2D eigenvalue weighted by molar-refractivity contribution is 7.87. The molecule has 0 amide bonds. The van der Waals surface area contributed by atoms with Crippen molar-refractivity contribution in [3.8, 4) is 0 Å². The summed E-state index contributed by atoms with van der Waals surface area (Å²) in [6, 6.07) is 12.0. The largest absolute Gasteiger partial charge is 0.353 e. The van der Waals surface area contributed by atoms with Crippen LogP contribution in [0.15, 0.2) is 69.3 Å². The predicted octanol–water partition coefficient (Wildman–Crippen LogP) is 1.49. The van der Waals surface area contributed by atoms with Gasteiger partial charge in [0.15, 0.2) is 0 Å². The number of benzene rings is 3. The van der Waals surface area contributed by atoms with Crippen LogP contribution in [0.3, 0.4) is 0 Å². The van der Waals surface area contributed by atoms with Gasteiger partial charge in [-0.15, -0.1) is 0 Å². The molecular weight excluding hydrogens is 602 g/mol. The van der Waals surface area contributed by atoms with E-state index in [0.717, 1.165) is 23.8 Å². The first-order valence-corrected chi connectivity index (χ1v) is 15.8. The van der Waals surface area contributed by atoms with Crippen molar-refractivity contribution in [1.29, 1.82) is 0 Å². The Morgan fingerprint density at radius 1 is 0.707 bits per heavy atom. The van der Waals surface area contributed by atoms with Gasteiger partial charge in [0.2, 0.25) is 17.8 Å². The van der Waals surface area contributed by atoms with E-state index in [1.54, 1.807) is 0 Å². The van der Waals surface area contributed by atoms with E-state index in [4.69, 9.17) is 5.73 Å². The lowest BCUT2D eigenvalue weighted by Crippen LogP contribution is -2.17. The maximum Gasteiger partial charge on any atom is 0.295 e. The average Bonchev–Trinajstić information content (AvgIpc) is 2.89. The van der Waals surface area contributed by atoms with Crippen molar-refractivity contribution in [2.24, 2.45) is 5.73 Å².